The first-order valence-corrected chi connectivity index (χ1v) is 7.96. The minimum atomic E-state index is -0.369. The first-order valence-electron chi connectivity index (χ1n) is 7.96. The Morgan fingerprint density at radius 2 is 1.75 bits per heavy atom. The molecule has 2 amide bonds. The number of benzene rings is 2. The Bertz CT molecular complexity index is 696. The fourth-order valence-corrected chi connectivity index (χ4v) is 2.28. The summed E-state index contributed by atoms with van der Waals surface area (Å²) in [4.78, 5) is 23.5. The number of anilines is 1. The molecule has 0 aliphatic carbocycles. The number of aryl methyl sites for hydroxylation is 1. The summed E-state index contributed by atoms with van der Waals surface area (Å²) < 4.78 is 4.92. The van der Waals surface area contributed by atoms with Gasteiger partial charge in [-0.25, -0.2) is 9.59 Å². The highest BCUT2D eigenvalue weighted by atomic mass is 16.5. The highest BCUT2D eigenvalue weighted by molar-refractivity contribution is 5.92. The van der Waals surface area contributed by atoms with E-state index in [1.807, 2.05) is 12.1 Å². The van der Waals surface area contributed by atoms with Gasteiger partial charge in [0.05, 0.1) is 12.2 Å². The summed E-state index contributed by atoms with van der Waals surface area (Å²) in [5, 5.41) is 5.56. The number of esters is 1. The van der Waals surface area contributed by atoms with E-state index in [2.05, 4.69) is 29.7 Å². The number of rotatable bonds is 6. The molecule has 2 aromatic rings. The van der Waals surface area contributed by atoms with Gasteiger partial charge in [-0.15, -0.1) is 0 Å². The maximum absolute atomic E-state index is 11.9. The van der Waals surface area contributed by atoms with Crippen molar-refractivity contribution in [2.45, 2.75) is 20.3 Å². The van der Waals surface area contributed by atoms with E-state index in [9.17, 15) is 9.59 Å². The number of carbonyl (C=O) groups excluding carboxylic acids is 2. The van der Waals surface area contributed by atoms with E-state index in [0.717, 1.165) is 6.42 Å². The van der Waals surface area contributed by atoms with Crippen LogP contribution in [0.15, 0.2) is 48.5 Å². The van der Waals surface area contributed by atoms with Crippen LogP contribution in [0.1, 0.15) is 28.4 Å². The van der Waals surface area contributed by atoms with Crippen molar-refractivity contribution in [1.82, 2.24) is 5.32 Å². The largest absolute Gasteiger partial charge is 0.462 e. The molecular formula is C19H22N2O3. The van der Waals surface area contributed by atoms with Crippen molar-refractivity contribution in [3.63, 3.8) is 0 Å². The molecule has 0 atom stereocenters. The lowest BCUT2D eigenvalue weighted by Crippen LogP contribution is -2.30. The Labute approximate surface area is 142 Å². The van der Waals surface area contributed by atoms with Crippen LogP contribution in [0.3, 0.4) is 0 Å². The number of hydrogen-bond acceptors (Lipinski definition) is 3. The lowest BCUT2D eigenvalue weighted by Gasteiger charge is -2.09. The number of hydrogen-bond donors (Lipinski definition) is 2. The lowest BCUT2D eigenvalue weighted by atomic mass is 10.1. The molecule has 0 saturated heterocycles. The highest BCUT2D eigenvalue weighted by Gasteiger charge is 2.07. The fourth-order valence-electron chi connectivity index (χ4n) is 2.28. The number of ether oxygens (including phenoxy) is 1. The summed E-state index contributed by atoms with van der Waals surface area (Å²) in [5.41, 5.74) is 3.52. The second-order valence-electron chi connectivity index (χ2n) is 5.36. The van der Waals surface area contributed by atoms with E-state index in [4.69, 9.17) is 4.74 Å². The van der Waals surface area contributed by atoms with Gasteiger partial charge in [-0.3, -0.25) is 0 Å². The number of carbonyl (C=O) groups is 2. The molecule has 0 heterocycles. The van der Waals surface area contributed by atoms with Gasteiger partial charge in [0.15, 0.2) is 0 Å². The van der Waals surface area contributed by atoms with E-state index in [1.54, 1.807) is 31.2 Å². The minimum absolute atomic E-state index is 0.271. The van der Waals surface area contributed by atoms with E-state index in [1.165, 1.54) is 11.1 Å². The zero-order chi connectivity index (χ0) is 17.4. The monoisotopic (exact) mass is 326 g/mol. The third kappa shape index (κ3) is 5.12. The van der Waals surface area contributed by atoms with Crippen molar-refractivity contribution in [3.8, 4) is 0 Å². The molecule has 2 N–H and O–H groups in total. The van der Waals surface area contributed by atoms with E-state index in [0.29, 0.717) is 24.4 Å². The summed E-state index contributed by atoms with van der Waals surface area (Å²) >= 11 is 0. The van der Waals surface area contributed by atoms with E-state index in [-0.39, 0.29) is 12.0 Å². The van der Waals surface area contributed by atoms with Gasteiger partial charge in [0, 0.05) is 12.2 Å². The van der Waals surface area contributed by atoms with Gasteiger partial charge >= 0.3 is 12.0 Å². The van der Waals surface area contributed by atoms with Gasteiger partial charge in [0.1, 0.15) is 0 Å². The molecule has 0 unspecified atom stereocenters. The fraction of sp³-hybridized carbons (Fsp3) is 0.263. The Morgan fingerprint density at radius 1 is 1.04 bits per heavy atom. The number of amides is 2. The van der Waals surface area contributed by atoms with Crippen molar-refractivity contribution in [2.24, 2.45) is 0 Å². The summed E-state index contributed by atoms with van der Waals surface area (Å²) in [6.07, 6.45) is 0.780. The third-order valence-corrected chi connectivity index (χ3v) is 3.60. The number of nitrogens with one attached hydrogen (secondary N) is 2. The average Bonchev–Trinajstić information content (AvgIpc) is 2.57. The summed E-state index contributed by atoms with van der Waals surface area (Å²) in [6, 6.07) is 14.4. The molecule has 126 valence electrons. The second-order valence-corrected chi connectivity index (χ2v) is 5.36. The molecule has 0 fully saturated rings. The zero-order valence-corrected chi connectivity index (χ0v) is 14.0. The molecule has 0 bridgehead atoms. The van der Waals surface area contributed by atoms with Gasteiger partial charge in [0.25, 0.3) is 0 Å². The van der Waals surface area contributed by atoms with E-state index < -0.39 is 0 Å². The van der Waals surface area contributed by atoms with Crippen LogP contribution < -0.4 is 10.6 Å². The summed E-state index contributed by atoms with van der Waals surface area (Å²) in [7, 11) is 0. The third-order valence-electron chi connectivity index (χ3n) is 3.60. The predicted molar refractivity (Wildman–Crippen MR) is 94.3 cm³/mol. The van der Waals surface area contributed by atoms with Crippen LogP contribution in [-0.4, -0.2) is 25.2 Å². The molecular weight excluding hydrogens is 304 g/mol. The molecule has 0 aromatic heterocycles. The Balaban J connectivity index is 1.80. The Kier molecular flexibility index (Phi) is 6.37. The van der Waals surface area contributed by atoms with Crippen molar-refractivity contribution >= 4 is 17.7 Å². The molecule has 5 nitrogen and oxygen atoms in total. The van der Waals surface area contributed by atoms with Crippen LogP contribution in [0.25, 0.3) is 0 Å². The molecule has 0 aliphatic heterocycles. The van der Waals surface area contributed by atoms with Gasteiger partial charge in [-0.1, -0.05) is 24.3 Å². The summed E-state index contributed by atoms with van der Waals surface area (Å²) in [5.74, 6) is -0.369. The smallest absolute Gasteiger partial charge is 0.338 e. The maximum Gasteiger partial charge on any atom is 0.338 e. The molecule has 0 saturated carbocycles. The van der Waals surface area contributed by atoms with Crippen LogP contribution in [-0.2, 0) is 11.2 Å². The molecule has 0 radical (unpaired) electrons. The first-order chi connectivity index (χ1) is 11.6. The average molecular weight is 326 g/mol. The van der Waals surface area contributed by atoms with Crippen LogP contribution in [0.4, 0.5) is 10.5 Å². The van der Waals surface area contributed by atoms with Gasteiger partial charge < -0.3 is 15.4 Å². The van der Waals surface area contributed by atoms with Crippen LogP contribution in [0.2, 0.25) is 0 Å². The van der Waals surface area contributed by atoms with Crippen molar-refractivity contribution in [2.75, 3.05) is 18.5 Å². The minimum Gasteiger partial charge on any atom is -0.462 e. The van der Waals surface area contributed by atoms with Crippen molar-refractivity contribution in [1.29, 1.82) is 0 Å². The Hall–Kier alpha value is -2.82. The standard InChI is InChI=1S/C19H22N2O3/c1-3-24-18(22)16-8-10-17(11-9-16)21-19(23)20-13-12-15-7-5-4-6-14(15)2/h4-11H,3,12-13H2,1-2H3,(H2,20,21,23). The first kappa shape index (κ1) is 17.5. The molecule has 2 rings (SSSR count). The van der Waals surface area contributed by atoms with E-state index >= 15 is 0 Å². The van der Waals surface area contributed by atoms with Gasteiger partial charge in [-0.2, -0.15) is 0 Å². The van der Waals surface area contributed by atoms with Gasteiger partial charge in [0.2, 0.25) is 0 Å². The lowest BCUT2D eigenvalue weighted by molar-refractivity contribution is 0.0526. The molecule has 24 heavy (non-hydrogen) atoms. The normalized spacial score (nSPS) is 10.1. The van der Waals surface area contributed by atoms with Crippen LogP contribution >= 0.6 is 0 Å². The Morgan fingerprint density at radius 3 is 2.42 bits per heavy atom. The molecule has 2 aromatic carbocycles. The quantitative estimate of drug-likeness (QED) is 0.798. The molecule has 0 spiro atoms. The van der Waals surface area contributed by atoms with Crippen molar-refractivity contribution in [3.05, 3.63) is 65.2 Å². The van der Waals surface area contributed by atoms with Crippen molar-refractivity contribution < 1.29 is 14.3 Å². The van der Waals surface area contributed by atoms with Crippen LogP contribution in [0.5, 0.6) is 0 Å². The molecule has 5 heteroatoms. The van der Waals surface area contributed by atoms with Gasteiger partial charge in [-0.05, 0) is 55.7 Å². The van der Waals surface area contributed by atoms with Crippen LogP contribution in [0, 0.1) is 6.92 Å². The number of urea groups is 1. The predicted octanol–water partition coefficient (Wildman–Crippen LogP) is 3.54. The second kappa shape index (κ2) is 8.72. The maximum atomic E-state index is 11.9. The SMILES string of the molecule is CCOC(=O)c1ccc(NC(=O)NCCc2ccccc2C)cc1. The topological polar surface area (TPSA) is 67.4 Å². The highest BCUT2D eigenvalue weighted by Crippen LogP contribution is 2.11. The zero-order valence-electron chi connectivity index (χ0n) is 14.0. The summed E-state index contributed by atoms with van der Waals surface area (Å²) in [6.45, 7) is 4.70. The molecule has 0 aliphatic rings.